The molecule has 0 saturated carbocycles. The molecule has 0 spiro atoms. The Hall–Kier alpha value is -0.610. The first-order chi connectivity index (χ1) is 5.90. The molecule has 0 bridgehead atoms. The molecule has 1 unspecified atom stereocenters. The van der Waals surface area contributed by atoms with Crippen LogP contribution in [0.1, 0.15) is 20.8 Å². The summed E-state index contributed by atoms with van der Waals surface area (Å²) in [5, 5.41) is 3.07. The van der Waals surface area contributed by atoms with Gasteiger partial charge >= 0.3 is 5.97 Å². The van der Waals surface area contributed by atoms with Gasteiger partial charge in [-0.1, -0.05) is 0 Å². The zero-order valence-electron chi connectivity index (χ0n) is 8.46. The molecule has 0 radical (unpaired) electrons. The van der Waals surface area contributed by atoms with Crippen LogP contribution in [0, 0.1) is 5.92 Å². The Morgan fingerprint density at radius 3 is 2.38 bits per heavy atom. The van der Waals surface area contributed by atoms with Gasteiger partial charge in [0.05, 0.1) is 0 Å². The summed E-state index contributed by atoms with van der Waals surface area (Å²) in [6.07, 6.45) is 0. The fourth-order valence-corrected chi connectivity index (χ4v) is 1.13. The molecule has 1 aliphatic heterocycles. The van der Waals surface area contributed by atoms with E-state index in [2.05, 4.69) is 5.32 Å². The van der Waals surface area contributed by atoms with E-state index in [1.54, 1.807) is 0 Å². The van der Waals surface area contributed by atoms with Crippen molar-refractivity contribution in [3.05, 3.63) is 0 Å². The lowest BCUT2D eigenvalue weighted by atomic mass is 9.94. The van der Waals surface area contributed by atoms with Gasteiger partial charge in [0.2, 0.25) is 0 Å². The molecule has 0 amide bonds. The van der Waals surface area contributed by atoms with Gasteiger partial charge in [-0.2, -0.15) is 0 Å². The van der Waals surface area contributed by atoms with Gasteiger partial charge in [-0.15, -0.1) is 0 Å². The van der Waals surface area contributed by atoms with Crippen LogP contribution in [0.5, 0.6) is 0 Å². The van der Waals surface area contributed by atoms with Crippen molar-refractivity contribution in [3.8, 4) is 0 Å². The molecule has 0 aromatic carbocycles. The fraction of sp³-hybridized carbons (Fsp3) is 0.889. The van der Waals surface area contributed by atoms with E-state index in [0.29, 0.717) is 0 Å². The maximum Gasteiger partial charge on any atom is 0.323 e. The molecule has 76 valence electrons. The third kappa shape index (κ3) is 2.97. The van der Waals surface area contributed by atoms with E-state index in [-0.39, 0.29) is 11.9 Å². The van der Waals surface area contributed by atoms with Gasteiger partial charge in [-0.3, -0.25) is 4.79 Å². The smallest absolute Gasteiger partial charge is 0.323 e. The number of hydrogen-bond acceptors (Lipinski definition) is 4. The number of esters is 1. The Morgan fingerprint density at radius 2 is 2.08 bits per heavy atom. The van der Waals surface area contributed by atoms with E-state index < -0.39 is 11.6 Å². The highest BCUT2D eigenvalue weighted by atomic mass is 16.6. The number of carbonyl (C=O) groups is 1. The maximum atomic E-state index is 11.4. The fourth-order valence-electron chi connectivity index (χ4n) is 1.13. The summed E-state index contributed by atoms with van der Waals surface area (Å²) in [7, 11) is 0. The van der Waals surface area contributed by atoms with E-state index in [9.17, 15) is 4.79 Å². The van der Waals surface area contributed by atoms with Crippen LogP contribution in [-0.4, -0.2) is 30.7 Å². The zero-order chi connectivity index (χ0) is 10.1. The SMILES string of the molecule is CC(C)(C)OC(=O)C(N)C1CNC1. The number of nitrogens with two attached hydrogens (primary N) is 1. The molecule has 4 nitrogen and oxygen atoms in total. The second-order valence-electron chi connectivity index (χ2n) is 4.48. The highest BCUT2D eigenvalue weighted by Gasteiger charge is 2.32. The van der Waals surface area contributed by atoms with E-state index in [4.69, 9.17) is 10.5 Å². The summed E-state index contributed by atoms with van der Waals surface area (Å²) in [4.78, 5) is 11.4. The summed E-state index contributed by atoms with van der Waals surface area (Å²) in [5.74, 6) is -0.0474. The van der Waals surface area contributed by atoms with E-state index in [0.717, 1.165) is 13.1 Å². The molecule has 1 aliphatic rings. The molecule has 1 atom stereocenters. The molecule has 1 saturated heterocycles. The lowest BCUT2D eigenvalue weighted by Crippen LogP contribution is -2.55. The third-order valence-corrected chi connectivity index (χ3v) is 2.00. The minimum atomic E-state index is -0.472. The summed E-state index contributed by atoms with van der Waals surface area (Å²) < 4.78 is 5.16. The van der Waals surface area contributed by atoms with Crippen molar-refractivity contribution in [2.24, 2.45) is 11.7 Å². The molecule has 1 heterocycles. The van der Waals surface area contributed by atoms with Crippen molar-refractivity contribution in [2.75, 3.05) is 13.1 Å². The van der Waals surface area contributed by atoms with Crippen LogP contribution in [0.3, 0.4) is 0 Å². The molecule has 1 rings (SSSR count). The summed E-state index contributed by atoms with van der Waals surface area (Å²) in [6, 6.07) is -0.472. The van der Waals surface area contributed by atoms with Crippen LogP contribution < -0.4 is 11.1 Å². The molecular weight excluding hydrogens is 168 g/mol. The lowest BCUT2D eigenvalue weighted by Gasteiger charge is -2.32. The quantitative estimate of drug-likeness (QED) is 0.590. The average Bonchev–Trinajstić information content (AvgIpc) is 1.78. The lowest BCUT2D eigenvalue weighted by molar-refractivity contribution is -0.158. The third-order valence-electron chi connectivity index (χ3n) is 2.00. The first-order valence-corrected chi connectivity index (χ1v) is 4.59. The molecule has 1 fully saturated rings. The van der Waals surface area contributed by atoms with Gasteiger partial charge in [-0.05, 0) is 20.8 Å². The second kappa shape index (κ2) is 3.64. The highest BCUT2D eigenvalue weighted by Crippen LogP contribution is 2.13. The van der Waals surface area contributed by atoms with Crippen LogP contribution in [-0.2, 0) is 9.53 Å². The van der Waals surface area contributed by atoms with Gasteiger partial charge in [0, 0.05) is 19.0 Å². The van der Waals surface area contributed by atoms with Crippen LogP contribution in [0.2, 0.25) is 0 Å². The number of rotatable bonds is 2. The Bertz CT molecular complexity index is 194. The van der Waals surface area contributed by atoms with E-state index in [1.165, 1.54) is 0 Å². The van der Waals surface area contributed by atoms with Crippen LogP contribution in [0.25, 0.3) is 0 Å². The summed E-state index contributed by atoms with van der Waals surface area (Å²) in [5.41, 5.74) is 5.28. The summed E-state index contributed by atoms with van der Waals surface area (Å²) >= 11 is 0. The molecule has 4 heteroatoms. The van der Waals surface area contributed by atoms with Gasteiger partial charge in [-0.25, -0.2) is 0 Å². The zero-order valence-corrected chi connectivity index (χ0v) is 8.46. The minimum Gasteiger partial charge on any atom is -0.459 e. The Balaban J connectivity index is 2.38. The molecular formula is C9H18N2O2. The van der Waals surface area contributed by atoms with E-state index in [1.807, 2.05) is 20.8 Å². The predicted molar refractivity (Wildman–Crippen MR) is 50.2 cm³/mol. The first kappa shape index (κ1) is 10.5. The first-order valence-electron chi connectivity index (χ1n) is 4.59. The number of carbonyl (C=O) groups excluding carboxylic acids is 1. The normalized spacial score (nSPS) is 20.6. The van der Waals surface area contributed by atoms with Gasteiger partial charge < -0.3 is 15.8 Å². The molecule has 0 aromatic heterocycles. The maximum absolute atomic E-state index is 11.4. The highest BCUT2D eigenvalue weighted by molar-refractivity contribution is 5.76. The predicted octanol–water partition coefficient (Wildman–Crippen LogP) is -0.125. The van der Waals surface area contributed by atoms with Crippen molar-refractivity contribution in [3.63, 3.8) is 0 Å². The van der Waals surface area contributed by atoms with Crippen molar-refractivity contribution < 1.29 is 9.53 Å². The second-order valence-corrected chi connectivity index (χ2v) is 4.48. The number of hydrogen-bond donors (Lipinski definition) is 2. The van der Waals surface area contributed by atoms with Gasteiger partial charge in [0.15, 0.2) is 0 Å². The number of ether oxygens (including phenoxy) is 1. The van der Waals surface area contributed by atoms with Crippen LogP contribution in [0.15, 0.2) is 0 Å². The van der Waals surface area contributed by atoms with E-state index >= 15 is 0 Å². The van der Waals surface area contributed by atoms with Gasteiger partial charge in [0.25, 0.3) is 0 Å². The largest absolute Gasteiger partial charge is 0.459 e. The van der Waals surface area contributed by atoms with Crippen LogP contribution in [0.4, 0.5) is 0 Å². The van der Waals surface area contributed by atoms with Crippen molar-refractivity contribution in [1.29, 1.82) is 0 Å². The van der Waals surface area contributed by atoms with Crippen molar-refractivity contribution >= 4 is 5.97 Å². The molecule has 13 heavy (non-hydrogen) atoms. The van der Waals surface area contributed by atoms with Crippen molar-refractivity contribution in [2.45, 2.75) is 32.4 Å². The Morgan fingerprint density at radius 1 is 1.54 bits per heavy atom. The van der Waals surface area contributed by atoms with Crippen molar-refractivity contribution in [1.82, 2.24) is 5.32 Å². The molecule has 3 N–H and O–H groups in total. The molecule has 0 aliphatic carbocycles. The summed E-state index contributed by atoms with van der Waals surface area (Å²) in [6.45, 7) is 7.17. The standard InChI is InChI=1S/C9H18N2O2/c1-9(2,3)13-8(12)7(10)6-4-11-5-6/h6-7,11H,4-5,10H2,1-3H3. The number of nitrogens with one attached hydrogen (secondary N) is 1. The minimum absolute atomic E-state index is 0.245. The van der Waals surface area contributed by atoms with Crippen LogP contribution >= 0.6 is 0 Å². The monoisotopic (exact) mass is 186 g/mol. The molecule has 0 aromatic rings. The topological polar surface area (TPSA) is 64.3 Å². The Kier molecular flexibility index (Phi) is 2.93. The van der Waals surface area contributed by atoms with Gasteiger partial charge in [0.1, 0.15) is 11.6 Å². The Labute approximate surface area is 78.8 Å². The average molecular weight is 186 g/mol.